The minimum absolute atomic E-state index is 0.167. The quantitative estimate of drug-likeness (QED) is 0.586. The molecule has 0 unspecified atom stereocenters. The van der Waals surface area contributed by atoms with Crippen LogP contribution in [0.1, 0.15) is 27.3 Å². The lowest BCUT2D eigenvalue weighted by molar-refractivity contribution is 0.0644. The Kier molecular flexibility index (Phi) is 5.99. The number of carboxylic acids is 1. The molecule has 2 rings (SSSR count). The number of ether oxygens (including phenoxy) is 2. The van der Waals surface area contributed by atoms with Crippen molar-refractivity contribution in [2.45, 2.75) is 6.42 Å². The second-order valence-corrected chi connectivity index (χ2v) is 5.50. The van der Waals surface area contributed by atoms with Gasteiger partial charge >= 0.3 is 5.97 Å². The highest BCUT2D eigenvalue weighted by Gasteiger charge is 2.33. The second-order valence-electron chi connectivity index (χ2n) is 5.50. The van der Waals surface area contributed by atoms with Gasteiger partial charge in [-0.3, -0.25) is 19.3 Å². The molecule has 10 nitrogen and oxygen atoms in total. The number of carboxylic acid groups (broad SMARTS) is 1. The number of amides is 1. The standard InChI is InChI=1S/C15H21N3O7/c1-24-6-3-4-16-9-17(5-7-25-2)18-8-10(15(22)23)12(19)13(20)11(18)14(16)21/h8,20H,3-7,9H2,1-2H3,(H,22,23). The third-order valence-corrected chi connectivity index (χ3v) is 3.85. The number of aromatic carboxylic acids is 1. The van der Waals surface area contributed by atoms with E-state index in [-0.39, 0.29) is 12.4 Å². The van der Waals surface area contributed by atoms with E-state index in [1.54, 1.807) is 12.1 Å². The number of carbonyl (C=O) groups excluding carboxylic acids is 1. The molecule has 0 atom stereocenters. The first-order valence-electron chi connectivity index (χ1n) is 7.66. The fourth-order valence-electron chi connectivity index (χ4n) is 2.59. The van der Waals surface area contributed by atoms with Crippen LogP contribution in [0.15, 0.2) is 11.0 Å². The van der Waals surface area contributed by atoms with Crippen molar-refractivity contribution in [1.29, 1.82) is 0 Å². The van der Waals surface area contributed by atoms with Crippen LogP contribution in [-0.4, -0.2) is 78.9 Å². The maximum atomic E-state index is 12.6. The van der Waals surface area contributed by atoms with Gasteiger partial charge in [0.25, 0.3) is 5.91 Å². The minimum Gasteiger partial charge on any atom is -0.502 e. The SMILES string of the molecule is COCCCN1CN(CCOC)n2cc(C(=O)O)c(=O)c(O)c2C1=O. The van der Waals surface area contributed by atoms with Gasteiger partial charge in [0, 0.05) is 33.6 Å². The van der Waals surface area contributed by atoms with Crippen LogP contribution in [0.4, 0.5) is 0 Å². The summed E-state index contributed by atoms with van der Waals surface area (Å²) in [6.07, 6.45) is 1.64. The van der Waals surface area contributed by atoms with E-state index in [0.29, 0.717) is 32.7 Å². The van der Waals surface area contributed by atoms with Gasteiger partial charge in [0.05, 0.1) is 13.2 Å². The molecular weight excluding hydrogens is 334 g/mol. The van der Waals surface area contributed by atoms with E-state index < -0.39 is 28.6 Å². The van der Waals surface area contributed by atoms with Crippen LogP contribution in [0, 0.1) is 0 Å². The van der Waals surface area contributed by atoms with Crippen molar-refractivity contribution in [3.8, 4) is 5.75 Å². The average molecular weight is 355 g/mol. The molecule has 0 spiro atoms. The van der Waals surface area contributed by atoms with Crippen LogP contribution in [0.25, 0.3) is 0 Å². The molecule has 10 heteroatoms. The average Bonchev–Trinajstić information content (AvgIpc) is 2.58. The first kappa shape index (κ1) is 18.7. The molecular formula is C15H21N3O7. The number of hydrogen-bond donors (Lipinski definition) is 2. The zero-order chi connectivity index (χ0) is 18.6. The van der Waals surface area contributed by atoms with Crippen molar-refractivity contribution in [3.63, 3.8) is 0 Å². The number of aromatic hydroxyl groups is 1. The molecule has 1 aromatic rings. The highest BCUT2D eigenvalue weighted by atomic mass is 16.5. The van der Waals surface area contributed by atoms with Crippen molar-refractivity contribution in [1.82, 2.24) is 9.58 Å². The van der Waals surface area contributed by atoms with Gasteiger partial charge < -0.3 is 24.6 Å². The van der Waals surface area contributed by atoms with Crippen molar-refractivity contribution in [2.24, 2.45) is 0 Å². The maximum absolute atomic E-state index is 12.6. The van der Waals surface area contributed by atoms with E-state index in [2.05, 4.69) is 0 Å². The normalized spacial score (nSPS) is 13.9. The largest absolute Gasteiger partial charge is 0.502 e. The van der Waals surface area contributed by atoms with E-state index in [4.69, 9.17) is 14.6 Å². The van der Waals surface area contributed by atoms with E-state index in [0.717, 1.165) is 6.20 Å². The summed E-state index contributed by atoms with van der Waals surface area (Å²) in [5.74, 6) is -2.89. The molecule has 1 aliphatic rings. The number of nitrogens with zero attached hydrogens (tertiary/aromatic N) is 3. The van der Waals surface area contributed by atoms with Crippen molar-refractivity contribution < 1.29 is 29.3 Å². The molecule has 138 valence electrons. The zero-order valence-corrected chi connectivity index (χ0v) is 14.1. The first-order valence-corrected chi connectivity index (χ1v) is 7.66. The molecule has 25 heavy (non-hydrogen) atoms. The molecule has 0 aliphatic carbocycles. The van der Waals surface area contributed by atoms with Gasteiger partial charge in [-0.25, -0.2) is 4.79 Å². The summed E-state index contributed by atoms with van der Waals surface area (Å²) in [4.78, 5) is 37.4. The third-order valence-electron chi connectivity index (χ3n) is 3.85. The Labute approximate surface area is 143 Å². The highest BCUT2D eigenvalue weighted by molar-refractivity contribution is 5.97. The fourth-order valence-corrected chi connectivity index (χ4v) is 2.59. The maximum Gasteiger partial charge on any atom is 0.341 e. The predicted octanol–water partition coefficient (Wildman–Crippen LogP) is -0.714. The molecule has 0 fully saturated rings. The van der Waals surface area contributed by atoms with Crippen molar-refractivity contribution >= 4 is 11.9 Å². The molecule has 0 bridgehead atoms. The van der Waals surface area contributed by atoms with Gasteiger partial charge in [-0.05, 0) is 6.42 Å². The summed E-state index contributed by atoms with van der Waals surface area (Å²) in [5, 5.41) is 20.9. The van der Waals surface area contributed by atoms with Crippen molar-refractivity contribution in [3.05, 3.63) is 27.7 Å². The monoisotopic (exact) mass is 355 g/mol. The van der Waals surface area contributed by atoms with Crippen LogP contribution < -0.4 is 10.4 Å². The first-order chi connectivity index (χ1) is 11.9. The van der Waals surface area contributed by atoms with Crippen LogP contribution in [0.2, 0.25) is 0 Å². The van der Waals surface area contributed by atoms with E-state index in [9.17, 15) is 19.5 Å². The number of carbonyl (C=O) groups is 2. The van der Waals surface area contributed by atoms with E-state index in [1.165, 1.54) is 16.7 Å². The Bertz CT molecular complexity index is 716. The molecule has 0 saturated heterocycles. The summed E-state index contributed by atoms with van der Waals surface area (Å²) in [6, 6.07) is 0. The molecule has 1 aromatic heterocycles. The van der Waals surface area contributed by atoms with Gasteiger partial charge in [0.15, 0.2) is 11.4 Å². The summed E-state index contributed by atoms with van der Waals surface area (Å²) in [6.45, 7) is 1.64. The van der Waals surface area contributed by atoms with E-state index >= 15 is 0 Å². The van der Waals surface area contributed by atoms with Crippen LogP contribution in [0.3, 0.4) is 0 Å². The molecule has 2 N–H and O–H groups in total. The summed E-state index contributed by atoms with van der Waals surface area (Å²) < 4.78 is 11.2. The summed E-state index contributed by atoms with van der Waals surface area (Å²) in [5.41, 5.74) is -1.95. The second kappa shape index (κ2) is 7.99. The minimum atomic E-state index is -1.47. The lowest BCUT2D eigenvalue weighted by Crippen LogP contribution is -2.55. The number of aromatic nitrogens is 1. The summed E-state index contributed by atoms with van der Waals surface area (Å²) in [7, 11) is 3.06. The summed E-state index contributed by atoms with van der Waals surface area (Å²) >= 11 is 0. The lowest BCUT2D eigenvalue weighted by atomic mass is 10.2. The Hall–Kier alpha value is -2.59. The molecule has 0 radical (unpaired) electrons. The molecule has 2 heterocycles. The van der Waals surface area contributed by atoms with Crippen LogP contribution in [0.5, 0.6) is 5.75 Å². The van der Waals surface area contributed by atoms with Gasteiger partial charge in [0.2, 0.25) is 5.43 Å². The molecule has 0 aromatic carbocycles. The number of rotatable bonds is 8. The zero-order valence-electron chi connectivity index (χ0n) is 14.1. The van der Waals surface area contributed by atoms with Gasteiger partial charge in [0.1, 0.15) is 12.2 Å². The molecule has 0 saturated carbocycles. The Morgan fingerprint density at radius 3 is 2.48 bits per heavy atom. The molecule has 1 aliphatic heterocycles. The number of methoxy groups -OCH3 is 2. The lowest BCUT2D eigenvalue weighted by Gasteiger charge is -2.39. The number of fused-ring (bicyclic) bond motifs is 1. The topological polar surface area (TPSA) is 122 Å². The van der Waals surface area contributed by atoms with Gasteiger partial charge in [-0.1, -0.05) is 0 Å². The Balaban J connectivity index is 2.48. The van der Waals surface area contributed by atoms with Gasteiger partial charge in [-0.15, -0.1) is 0 Å². The predicted molar refractivity (Wildman–Crippen MR) is 86.7 cm³/mol. The van der Waals surface area contributed by atoms with Crippen LogP contribution >= 0.6 is 0 Å². The smallest absolute Gasteiger partial charge is 0.341 e. The van der Waals surface area contributed by atoms with Gasteiger partial charge in [-0.2, -0.15) is 0 Å². The number of hydrogen-bond acceptors (Lipinski definition) is 7. The number of pyridine rings is 1. The fraction of sp³-hybridized carbons (Fsp3) is 0.533. The Morgan fingerprint density at radius 1 is 1.20 bits per heavy atom. The third kappa shape index (κ3) is 3.74. The van der Waals surface area contributed by atoms with Crippen molar-refractivity contribution in [2.75, 3.05) is 52.2 Å². The Morgan fingerprint density at radius 2 is 1.88 bits per heavy atom. The highest BCUT2D eigenvalue weighted by Crippen LogP contribution is 2.21. The van der Waals surface area contributed by atoms with E-state index in [1.807, 2.05) is 0 Å². The molecule has 1 amide bonds. The van der Waals surface area contributed by atoms with Crippen LogP contribution in [-0.2, 0) is 9.47 Å².